The second-order valence-corrected chi connectivity index (χ2v) is 8.03. The van der Waals surface area contributed by atoms with Crippen molar-refractivity contribution in [1.29, 1.82) is 0 Å². The molecule has 0 aliphatic carbocycles. The van der Waals surface area contributed by atoms with E-state index < -0.39 is 0 Å². The molecule has 4 rings (SSSR count). The summed E-state index contributed by atoms with van der Waals surface area (Å²) < 4.78 is 0. The number of anilines is 3. The Balaban J connectivity index is 1.68. The van der Waals surface area contributed by atoms with Gasteiger partial charge in [0.2, 0.25) is 0 Å². The first-order chi connectivity index (χ1) is 14.0. The molecule has 1 unspecified atom stereocenters. The zero-order valence-electron chi connectivity index (χ0n) is 16.8. The van der Waals surface area contributed by atoms with E-state index >= 15 is 0 Å². The van der Waals surface area contributed by atoms with Crippen LogP contribution < -0.4 is 15.5 Å². The fourth-order valence-corrected chi connectivity index (χ4v) is 3.61. The van der Waals surface area contributed by atoms with E-state index in [0.717, 1.165) is 48.2 Å². The quantitative estimate of drug-likeness (QED) is 0.601. The zero-order chi connectivity index (χ0) is 20.4. The molecule has 0 amide bonds. The Morgan fingerprint density at radius 3 is 2.97 bits per heavy atom. The highest BCUT2D eigenvalue weighted by Gasteiger charge is 2.17. The fraction of sp³-hybridized carbons (Fsp3) is 0.400. The number of halogens is 1. The number of fused-ring (bicyclic) bond motifs is 1. The summed E-state index contributed by atoms with van der Waals surface area (Å²) in [6.45, 7) is 4.01. The van der Waals surface area contributed by atoms with Gasteiger partial charge in [-0.25, -0.2) is 4.99 Å². The molecule has 1 aliphatic rings. The summed E-state index contributed by atoms with van der Waals surface area (Å²) >= 11 is 6.60. The van der Waals surface area contributed by atoms with Crippen LogP contribution in [0.2, 0.25) is 5.02 Å². The third-order valence-corrected chi connectivity index (χ3v) is 5.30. The highest BCUT2D eigenvalue weighted by molar-refractivity contribution is 6.35. The van der Waals surface area contributed by atoms with Crippen molar-refractivity contribution in [3.05, 3.63) is 29.4 Å². The first-order valence-electron chi connectivity index (χ1n) is 9.72. The van der Waals surface area contributed by atoms with E-state index in [0.29, 0.717) is 28.5 Å². The average molecular weight is 413 g/mol. The van der Waals surface area contributed by atoms with Gasteiger partial charge in [0.25, 0.3) is 5.95 Å². The number of aromatic nitrogens is 4. The molecule has 1 aliphatic heterocycles. The molecule has 3 heterocycles. The molecule has 3 N–H and O–H groups in total. The maximum atomic E-state index is 6.60. The van der Waals surface area contributed by atoms with Gasteiger partial charge in [0, 0.05) is 37.4 Å². The molecular weight excluding hydrogens is 388 g/mol. The smallest absolute Gasteiger partial charge is 0.253 e. The van der Waals surface area contributed by atoms with E-state index in [1.807, 2.05) is 37.2 Å². The van der Waals surface area contributed by atoms with Crippen molar-refractivity contribution in [2.75, 3.05) is 37.4 Å². The number of rotatable bonds is 4. The predicted octanol–water partition coefficient (Wildman–Crippen LogP) is 3.91. The Labute approximate surface area is 174 Å². The molecule has 8 nitrogen and oxygen atoms in total. The Bertz CT molecular complexity index is 1040. The van der Waals surface area contributed by atoms with Crippen molar-refractivity contribution in [2.45, 2.75) is 19.8 Å². The van der Waals surface area contributed by atoms with E-state index in [-0.39, 0.29) is 0 Å². The first kappa shape index (κ1) is 19.6. The zero-order valence-corrected chi connectivity index (χ0v) is 17.6. The number of aliphatic imine (C=N–C) groups is 1. The predicted molar refractivity (Wildman–Crippen MR) is 119 cm³/mol. The summed E-state index contributed by atoms with van der Waals surface area (Å²) in [5.41, 5.74) is 2.90. The van der Waals surface area contributed by atoms with Gasteiger partial charge in [0.1, 0.15) is 5.02 Å². The standard InChI is InChI=1S/C20H25ClN8/c1-12-4-5-15(11-22-9-12)25-20-26-18(17(21)19(27-20)29(2)3)24-14-6-7-16-13(8-14)10-23-28-16/h6-8,10,12,22H,4-5,9,11H2,1-3H3,(H,23,28)(H,24,26,27). The molecule has 0 radical (unpaired) electrons. The van der Waals surface area contributed by atoms with Gasteiger partial charge < -0.3 is 15.5 Å². The van der Waals surface area contributed by atoms with Crippen LogP contribution in [-0.2, 0) is 0 Å². The van der Waals surface area contributed by atoms with Crippen molar-refractivity contribution >= 4 is 51.5 Å². The van der Waals surface area contributed by atoms with Crippen LogP contribution in [0.3, 0.4) is 0 Å². The summed E-state index contributed by atoms with van der Waals surface area (Å²) in [4.78, 5) is 15.8. The molecule has 152 valence electrons. The lowest BCUT2D eigenvalue weighted by Gasteiger charge is -2.17. The summed E-state index contributed by atoms with van der Waals surface area (Å²) in [7, 11) is 3.81. The number of aromatic amines is 1. The highest BCUT2D eigenvalue weighted by atomic mass is 35.5. The van der Waals surface area contributed by atoms with Gasteiger partial charge in [0.15, 0.2) is 11.6 Å². The largest absolute Gasteiger partial charge is 0.361 e. The molecule has 3 aromatic rings. The van der Waals surface area contributed by atoms with Crippen molar-refractivity contribution in [3.63, 3.8) is 0 Å². The number of nitrogens with zero attached hydrogens (tertiary/aromatic N) is 5. The van der Waals surface area contributed by atoms with Gasteiger partial charge >= 0.3 is 0 Å². The lowest BCUT2D eigenvalue weighted by Crippen LogP contribution is -2.22. The van der Waals surface area contributed by atoms with Crippen molar-refractivity contribution in [1.82, 2.24) is 25.5 Å². The second kappa shape index (κ2) is 8.34. The second-order valence-electron chi connectivity index (χ2n) is 7.65. The molecule has 0 bridgehead atoms. The lowest BCUT2D eigenvalue weighted by atomic mass is 10.1. The number of benzene rings is 1. The normalized spacial score (nSPS) is 18.8. The molecular formula is C20H25ClN8. The van der Waals surface area contributed by atoms with Crippen molar-refractivity contribution < 1.29 is 0 Å². The SMILES string of the molecule is CC1CCC(=Nc2nc(Nc3ccc4[nH]ncc4c3)c(Cl)c(N(C)C)n2)CNC1. The maximum Gasteiger partial charge on any atom is 0.253 e. The van der Waals surface area contributed by atoms with E-state index in [9.17, 15) is 0 Å². The molecule has 1 fully saturated rings. The average Bonchev–Trinajstić information content (AvgIpc) is 3.06. The van der Waals surface area contributed by atoms with Crippen LogP contribution in [0.15, 0.2) is 29.4 Å². The minimum atomic E-state index is 0.413. The lowest BCUT2D eigenvalue weighted by molar-refractivity contribution is 0.527. The Morgan fingerprint density at radius 2 is 2.14 bits per heavy atom. The minimum absolute atomic E-state index is 0.413. The molecule has 1 aromatic carbocycles. The number of nitrogens with one attached hydrogen (secondary N) is 3. The molecule has 29 heavy (non-hydrogen) atoms. The molecule has 9 heteroatoms. The minimum Gasteiger partial charge on any atom is -0.361 e. The van der Waals surface area contributed by atoms with Crippen LogP contribution in [0.1, 0.15) is 19.8 Å². The highest BCUT2D eigenvalue weighted by Crippen LogP contribution is 2.33. The molecule has 0 saturated carbocycles. The summed E-state index contributed by atoms with van der Waals surface area (Å²) in [5, 5.41) is 15.2. The van der Waals surface area contributed by atoms with Crippen LogP contribution in [0.25, 0.3) is 10.9 Å². The summed E-state index contributed by atoms with van der Waals surface area (Å²) in [6, 6.07) is 5.91. The van der Waals surface area contributed by atoms with Gasteiger partial charge in [0.05, 0.1) is 11.7 Å². The van der Waals surface area contributed by atoms with Crippen LogP contribution in [0, 0.1) is 5.92 Å². The van der Waals surface area contributed by atoms with Crippen LogP contribution in [-0.4, -0.2) is 53.1 Å². The summed E-state index contributed by atoms with van der Waals surface area (Å²) in [6.07, 6.45) is 3.83. The number of hydrogen-bond donors (Lipinski definition) is 3. The van der Waals surface area contributed by atoms with Crippen LogP contribution in [0.4, 0.5) is 23.3 Å². The fourth-order valence-electron chi connectivity index (χ4n) is 3.31. The first-order valence-corrected chi connectivity index (χ1v) is 10.1. The van der Waals surface area contributed by atoms with E-state index in [1.165, 1.54) is 0 Å². The van der Waals surface area contributed by atoms with E-state index in [2.05, 4.69) is 37.7 Å². The Hall–Kier alpha value is -2.71. The summed E-state index contributed by atoms with van der Waals surface area (Å²) in [5.74, 6) is 2.21. The van der Waals surface area contributed by atoms with Gasteiger partial charge in [-0.2, -0.15) is 15.1 Å². The molecule has 1 atom stereocenters. The monoisotopic (exact) mass is 412 g/mol. The Kier molecular flexibility index (Phi) is 5.64. The molecule has 0 spiro atoms. The van der Waals surface area contributed by atoms with Gasteiger partial charge in [-0.3, -0.25) is 5.10 Å². The number of H-pyrrole nitrogens is 1. The maximum absolute atomic E-state index is 6.60. The van der Waals surface area contributed by atoms with Gasteiger partial charge in [-0.15, -0.1) is 0 Å². The third-order valence-electron chi connectivity index (χ3n) is 4.95. The van der Waals surface area contributed by atoms with E-state index in [1.54, 1.807) is 6.20 Å². The third kappa shape index (κ3) is 4.49. The van der Waals surface area contributed by atoms with Crippen molar-refractivity contribution in [2.24, 2.45) is 10.9 Å². The molecule has 2 aromatic heterocycles. The van der Waals surface area contributed by atoms with E-state index in [4.69, 9.17) is 16.6 Å². The van der Waals surface area contributed by atoms with Crippen LogP contribution in [0.5, 0.6) is 0 Å². The van der Waals surface area contributed by atoms with Gasteiger partial charge in [-0.1, -0.05) is 18.5 Å². The van der Waals surface area contributed by atoms with Gasteiger partial charge in [-0.05, 0) is 43.5 Å². The topological polar surface area (TPSA) is 94.1 Å². The Morgan fingerprint density at radius 1 is 1.28 bits per heavy atom. The number of hydrogen-bond acceptors (Lipinski definition) is 7. The van der Waals surface area contributed by atoms with Crippen LogP contribution >= 0.6 is 11.6 Å². The van der Waals surface area contributed by atoms with Crippen molar-refractivity contribution in [3.8, 4) is 0 Å². The molecule has 1 saturated heterocycles.